The van der Waals surface area contributed by atoms with Crippen molar-refractivity contribution < 1.29 is 0 Å². The maximum atomic E-state index is 6.14. The molecule has 0 N–H and O–H groups in total. The van der Waals surface area contributed by atoms with Crippen LogP contribution in [0.5, 0.6) is 0 Å². The molecule has 5 rings (SSSR count). The summed E-state index contributed by atoms with van der Waals surface area (Å²) in [5, 5.41) is 9.53. The van der Waals surface area contributed by atoms with Gasteiger partial charge in [-0.1, -0.05) is 72.3 Å². The predicted molar refractivity (Wildman–Crippen MR) is 104 cm³/mol. The Morgan fingerprint density at radius 3 is 2.15 bits per heavy atom. The van der Waals surface area contributed by atoms with Crippen LogP contribution in [0.4, 0.5) is 0 Å². The van der Waals surface area contributed by atoms with Crippen molar-refractivity contribution in [1.82, 2.24) is 19.6 Å². The number of nitrogens with zero attached hydrogens (tertiary/aromatic N) is 4. The number of imidazole rings is 1. The van der Waals surface area contributed by atoms with Gasteiger partial charge in [-0.2, -0.15) is 0 Å². The van der Waals surface area contributed by atoms with E-state index in [-0.39, 0.29) is 0 Å². The molecule has 4 nitrogen and oxygen atoms in total. The monoisotopic (exact) mass is 356 g/mol. The molecule has 0 aliphatic rings. The molecule has 0 amide bonds. The summed E-state index contributed by atoms with van der Waals surface area (Å²) in [6.07, 6.45) is 0. The molecule has 0 aliphatic carbocycles. The maximum absolute atomic E-state index is 6.14. The fraction of sp³-hybridized carbons (Fsp3) is 0. The van der Waals surface area contributed by atoms with Gasteiger partial charge in [0.25, 0.3) is 5.78 Å². The van der Waals surface area contributed by atoms with Gasteiger partial charge in [-0.3, -0.25) is 4.40 Å². The molecule has 0 saturated heterocycles. The van der Waals surface area contributed by atoms with Gasteiger partial charge in [-0.05, 0) is 18.2 Å². The number of hydrogen-bond donors (Lipinski definition) is 0. The third kappa shape index (κ3) is 2.35. The summed E-state index contributed by atoms with van der Waals surface area (Å²) in [7, 11) is 0. The van der Waals surface area contributed by atoms with E-state index >= 15 is 0 Å². The topological polar surface area (TPSA) is 43.1 Å². The highest BCUT2D eigenvalue weighted by Gasteiger charge is 2.18. The molecule has 0 saturated carbocycles. The fourth-order valence-corrected chi connectivity index (χ4v) is 3.39. The van der Waals surface area contributed by atoms with Crippen LogP contribution in [0, 0.1) is 0 Å². The van der Waals surface area contributed by atoms with Crippen molar-refractivity contribution in [3.05, 3.63) is 83.9 Å². The third-order valence-corrected chi connectivity index (χ3v) is 4.62. The van der Waals surface area contributed by atoms with Crippen LogP contribution in [-0.4, -0.2) is 19.6 Å². The van der Waals surface area contributed by atoms with Crippen LogP contribution >= 0.6 is 11.6 Å². The van der Waals surface area contributed by atoms with E-state index in [0.717, 1.165) is 33.5 Å². The predicted octanol–water partition coefficient (Wildman–Crippen LogP) is 5.26. The van der Waals surface area contributed by atoms with Gasteiger partial charge in [0.05, 0.1) is 16.7 Å². The van der Waals surface area contributed by atoms with E-state index in [0.29, 0.717) is 10.8 Å². The zero-order chi connectivity index (χ0) is 17.5. The Kier molecular flexibility index (Phi) is 3.43. The molecular formula is C21H13ClN4. The number of hydrogen-bond acceptors (Lipinski definition) is 3. The summed E-state index contributed by atoms with van der Waals surface area (Å²) in [6.45, 7) is 0. The highest BCUT2D eigenvalue weighted by Crippen LogP contribution is 2.33. The van der Waals surface area contributed by atoms with E-state index < -0.39 is 0 Å². The van der Waals surface area contributed by atoms with Crippen LogP contribution in [-0.2, 0) is 0 Å². The van der Waals surface area contributed by atoms with Gasteiger partial charge in [0, 0.05) is 16.1 Å². The Balaban J connectivity index is 1.95. The molecule has 0 fully saturated rings. The second-order valence-corrected chi connectivity index (χ2v) is 6.45. The van der Waals surface area contributed by atoms with Gasteiger partial charge in [-0.25, -0.2) is 4.98 Å². The second kappa shape index (κ2) is 5.93. The van der Waals surface area contributed by atoms with E-state index in [1.165, 1.54) is 0 Å². The first kappa shape index (κ1) is 15.0. The van der Waals surface area contributed by atoms with Gasteiger partial charge >= 0.3 is 0 Å². The highest BCUT2D eigenvalue weighted by molar-refractivity contribution is 6.31. The number of aromatic nitrogens is 4. The lowest BCUT2D eigenvalue weighted by atomic mass is 10.0. The Morgan fingerprint density at radius 2 is 1.42 bits per heavy atom. The molecule has 0 aliphatic heterocycles. The van der Waals surface area contributed by atoms with Crippen LogP contribution in [0.2, 0.25) is 5.02 Å². The number of rotatable bonds is 2. The average Bonchev–Trinajstić information content (AvgIpc) is 3.06. The molecule has 2 heterocycles. The van der Waals surface area contributed by atoms with Crippen molar-refractivity contribution in [3.8, 4) is 22.5 Å². The van der Waals surface area contributed by atoms with E-state index in [1.54, 1.807) is 0 Å². The minimum atomic E-state index is 0.556. The number of fused-ring (bicyclic) bond motifs is 3. The summed E-state index contributed by atoms with van der Waals surface area (Å²) in [5.74, 6) is 0.556. The fourth-order valence-electron chi connectivity index (χ4n) is 3.23. The van der Waals surface area contributed by atoms with Crippen LogP contribution < -0.4 is 0 Å². The highest BCUT2D eigenvalue weighted by atomic mass is 35.5. The molecule has 2 aromatic heterocycles. The maximum Gasteiger partial charge on any atom is 0.255 e. The van der Waals surface area contributed by atoms with Crippen molar-refractivity contribution in [1.29, 1.82) is 0 Å². The van der Waals surface area contributed by atoms with Crippen molar-refractivity contribution in [3.63, 3.8) is 0 Å². The standard InChI is InChI=1S/C21H13ClN4/c22-16-11-12-18-17(13-16)23-21-25-24-19(14-7-3-1-4-8-14)20(26(18)21)15-9-5-2-6-10-15/h1-13H. The molecule has 0 bridgehead atoms. The summed E-state index contributed by atoms with van der Waals surface area (Å²) in [5.41, 5.74) is 5.60. The molecule has 0 atom stereocenters. The smallest absolute Gasteiger partial charge is 0.255 e. The third-order valence-electron chi connectivity index (χ3n) is 4.38. The van der Waals surface area contributed by atoms with Crippen LogP contribution in [0.1, 0.15) is 0 Å². The summed E-state index contributed by atoms with van der Waals surface area (Å²) in [6, 6.07) is 26.0. The van der Waals surface area contributed by atoms with Gasteiger partial charge in [0.1, 0.15) is 5.69 Å². The molecule has 5 heteroatoms. The molecule has 3 aromatic carbocycles. The minimum absolute atomic E-state index is 0.556. The molecular weight excluding hydrogens is 344 g/mol. The summed E-state index contributed by atoms with van der Waals surface area (Å²) in [4.78, 5) is 4.60. The Labute approximate surface area is 154 Å². The van der Waals surface area contributed by atoms with E-state index in [4.69, 9.17) is 11.6 Å². The quantitative estimate of drug-likeness (QED) is 0.433. The Bertz CT molecular complexity index is 1230. The second-order valence-electron chi connectivity index (χ2n) is 6.01. The molecule has 26 heavy (non-hydrogen) atoms. The average molecular weight is 357 g/mol. The molecule has 0 spiro atoms. The number of benzene rings is 3. The Hall–Kier alpha value is -3.24. The lowest BCUT2D eigenvalue weighted by Crippen LogP contribution is -2.01. The van der Waals surface area contributed by atoms with Crippen LogP contribution in [0.15, 0.2) is 78.9 Å². The first-order chi connectivity index (χ1) is 12.8. The minimum Gasteiger partial charge on any atom is -0.273 e. The first-order valence-corrected chi connectivity index (χ1v) is 8.64. The van der Waals surface area contributed by atoms with E-state index in [1.807, 2.05) is 66.7 Å². The lowest BCUT2D eigenvalue weighted by Gasteiger charge is -2.11. The first-order valence-electron chi connectivity index (χ1n) is 8.26. The molecule has 0 radical (unpaired) electrons. The lowest BCUT2D eigenvalue weighted by molar-refractivity contribution is 0.988. The van der Waals surface area contributed by atoms with Crippen LogP contribution in [0.25, 0.3) is 39.3 Å². The van der Waals surface area contributed by atoms with E-state index in [2.05, 4.69) is 31.7 Å². The van der Waals surface area contributed by atoms with Gasteiger partial charge in [0.2, 0.25) is 0 Å². The summed E-state index contributed by atoms with van der Waals surface area (Å²) < 4.78 is 2.05. The van der Waals surface area contributed by atoms with Gasteiger partial charge in [0.15, 0.2) is 0 Å². The largest absolute Gasteiger partial charge is 0.273 e. The van der Waals surface area contributed by atoms with Crippen molar-refractivity contribution in [2.75, 3.05) is 0 Å². The molecule has 5 aromatic rings. The van der Waals surface area contributed by atoms with Crippen molar-refractivity contribution in [2.45, 2.75) is 0 Å². The van der Waals surface area contributed by atoms with Gasteiger partial charge in [-0.15, -0.1) is 10.2 Å². The van der Waals surface area contributed by atoms with Gasteiger partial charge < -0.3 is 0 Å². The molecule has 124 valence electrons. The Morgan fingerprint density at radius 1 is 0.731 bits per heavy atom. The molecule has 0 unspecified atom stereocenters. The van der Waals surface area contributed by atoms with Crippen LogP contribution in [0.3, 0.4) is 0 Å². The zero-order valence-corrected chi connectivity index (χ0v) is 14.4. The van der Waals surface area contributed by atoms with Crippen molar-refractivity contribution >= 4 is 28.4 Å². The normalized spacial score (nSPS) is 11.3. The number of halogens is 1. The summed E-state index contributed by atoms with van der Waals surface area (Å²) >= 11 is 6.14. The zero-order valence-electron chi connectivity index (χ0n) is 13.7. The van der Waals surface area contributed by atoms with E-state index in [9.17, 15) is 0 Å². The SMILES string of the molecule is Clc1ccc2c(c1)nc1nnc(-c3ccccc3)c(-c3ccccc3)n12. The van der Waals surface area contributed by atoms with Crippen molar-refractivity contribution in [2.24, 2.45) is 0 Å².